The molecule has 1 saturated carbocycles. The topological polar surface area (TPSA) is 72.2 Å². The quantitative estimate of drug-likeness (QED) is 0.764. The van der Waals surface area contributed by atoms with Gasteiger partial charge in [0.25, 0.3) is 0 Å². The van der Waals surface area contributed by atoms with Crippen molar-refractivity contribution in [1.82, 2.24) is 4.72 Å². The van der Waals surface area contributed by atoms with Crippen LogP contribution in [0, 0.1) is 0 Å². The molecule has 1 rings (SSSR count). The van der Waals surface area contributed by atoms with Crippen LogP contribution in [0.4, 0.5) is 0 Å². The molecule has 3 N–H and O–H groups in total. The molecular weight excluding hydrogens is 212 g/mol. The van der Waals surface area contributed by atoms with Crippen molar-refractivity contribution in [3.05, 3.63) is 0 Å². The van der Waals surface area contributed by atoms with Gasteiger partial charge in [-0.15, -0.1) is 0 Å². The van der Waals surface area contributed by atoms with E-state index in [4.69, 9.17) is 5.73 Å². The summed E-state index contributed by atoms with van der Waals surface area (Å²) in [5.41, 5.74) is 5.36. The predicted molar refractivity (Wildman–Crippen MR) is 62.1 cm³/mol. The van der Waals surface area contributed by atoms with E-state index in [-0.39, 0.29) is 5.54 Å². The highest BCUT2D eigenvalue weighted by Gasteiger charge is 2.31. The summed E-state index contributed by atoms with van der Waals surface area (Å²) in [7, 11) is -3.15. The number of nitrogens with one attached hydrogen (secondary N) is 1. The zero-order valence-corrected chi connectivity index (χ0v) is 10.3. The summed E-state index contributed by atoms with van der Waals surface area (Å²) >= 11 is 0. The first kappa shape index (κ1) is 12.9. The van der Waals surface area contributed by atoms with Gasteiger partial charge in [0, 0.05) is 12.1 Å². The van der Waals surface area contributed by atoms with Crippen LogP contribution < -0.4 is 10.5 Å². The normalized spacial score (nSPS) is 23.1. The number of hydrogen-bond donors (Lipinski definition) is 2. The Morgan fingerprint density at radius 3 is 2.00 bits per heavy atom. The Bertz CT molecular complexity index is 280. The molecule has 0 saturated heterocycles. The van der Waals surface area contributed by atoms with Crippen LogP contribution in [0.15, 0.2) is 0 Å². The second-order valence-corrected chi connectivity index (χ2v) is 6.37. The highest BCUT2D eigenvalue weighted by atomic mass is 32.2. The first-order chi connectivity index (χ1) is 6.97. The van der Waals surface area contributed by atoms with E-state index < -0.39 is 10.0 Å². The van der Waals surface area contributed by atoms with E-state index in [1.165, 1.54) is 25.5 Å². The maximum Gasteiger partial charge on any atom is 0.209 e. The third-order valence-corrected chi connectivity index (χ3v) is 3.91. The van der Waals surface area contributed by atoms with Gasteiger partial charge in [-0.2, -0.15) is 0 Å². The fourth-order valence-electron chi connectivity index (χ4n) is 2.32. The summed E-state index contributed by atoms with van der Waals surface area (Å²) in [5.74, 6) is 0. The van der Waals surface area contributed by atoms with Crippen LogP contribution in [-0.4, -0.2) is 26.8 Å². The molecular formula is C10H22N2O2S. The van der Waals surface area contributed by atoms with Crippen molar-refractivity contribution < 1.29 is 8.42 Å². The molecule has 1 aliphatic rings. The van der Waals surface area contributed by atoms with E-state index in [1.54, 1.807) is 0 Å². The van der Waals surface area contributed by atoms with Gasteiger partial charge in [-0.25, -0.2) is 13.1 Å². The van der Waals surface area contributed by atoms with Crippen molar-refractivity contribution in [3.8, 4) is 0 Å². The molecule has 0 atom stereocenters. The molecule has 0 aliphatic heterocycles. The van der Waals surface area contributed by atoms with Crippen molar-refractivity contribution in [2.45, 2.75) is 50.5 Å². The average molecular weight is 234 g/mol. The molecule has 0 aromatic carbocycles. The van der Waals surface area contributed by atoms with Crippen LogP contribution in [0.1, 0.15) is 44.9 Å². The molecule has 0 bridgehead atoms. The third-order valence-electron chi connectivity index (χ3n) is 3.10. The Morgan fingerprint density at radius 2 is 1.60 bits per heavy atom. The zero-order valence-electron chi connectivity index (χ0n) is 9.46. The average Bonchev–Trinajstić information content (AvgIpc) is 2.08. The summed E-state index contributed by atoms with van der Waals surface area (Å²) in [6.45, 7) is 0.403. The van der Waals surface area contributed by atoms with Gasteiger partial charge in [-0.1, -0.05) is 32.1 Å². The molecule has 5 heteroatoms. The van der Waals surface area contributed by atoms with Crippen LogP contribution in [0.5, 0.6) is 0 Å². The molecule has 0 spiro atoms. The minimum atomic E-state index is -3.15. The summed E-state index contributed by atoms with van der Waals surface area (Å²) in [6, 6.07) is 0. The van der Waals surface area contributed by atoms with E-state index in [0.29, 0.717) is 6.54 Å². The highest BCUT2D eigenvalue weighted by Crippen LogP contribution is 2.26. The second kappa shape index (κ2) is 5.27. The van der Waals surface area contributed by atoms with Crippen LogP contribution in [0.2, 0.25) is 0 Å². The van der Waals surface area contributed by atoms with E-state index in [0.717, 1.165) is 25.7 Å². The van der Waals surface area contributed by atoms with Gasteiger partial charge < -0.3 is 5.73 Å². The lowest BCUT2D eigenvalue weighted by Crippen LogP contribution is -2.53. The maximum absolute atomic E-state index is 11.3. The van der Waals surface area contributed by atoms with Crippen molar-refractivity contribution in [3.63, 3.8) is 0 Å². The van der Waals surface area contributed by atoms with Gasteiger partial charge in [-0.3, -0.25) is 0 Å². The Labute approximate surface area is 92.7 Å². The Balaban J connectivity index is 2.70. The van der Waals surface area contributed by atoms with Crippen molar-refractivity contribution in [2.75, 3.05) is 12.8 Å². The van der Waals surface area contributed by atoms with Crippen molar-refractivity contribution in [1.29, 1.82) is 0 Å². The molecule has 90 valence electrons. The molecule has 0 amide bonds. The molecule has 15 heavy (non-hydrogen) atoms. The highest BCUT2D eigenvalue weighted by molar-refractivity contribution is 7.88. The molecule has 0 unspecified atom stereocenters. The van der Waals surface area contributed by atoms with Gasteiger partial charge >= 0.3 is 0 Å². The van der Waals surface area contributed by atoms with Crippen LogP contribution in [0.3, 0.4) is 0 Å². The monoisotopic (exact) mass is 234 g/mol. The van der Waals surface area contributed by atoms with Crippen molar-refractivity contribution in [2.24, 2.45) is 5.73 Å². The molecule has 1 fully saturated rings. The summed E-state index contributed by atoms with van der Waals surface area (Å²) in [5, 5.41) is 0. The SMILES string of the molecule is CS(=O)(=O)NC1(CN)CCCCCCC1. The minimum Gasteiger partial charge on any atom is -0.329 e. The van der Waals surface area contributed by atoms with Crippen LogP contribution in [-0.2, 0) is 10.0 Å². The smallest absolute Gasteiger partial charge is 0.209 e. The summed E-state index contributed by atoms with van der Waals surface area (Å²) < 4.78 is 25.3. The number of nitrogens with two attached hydrogens (primary N) is 1. The molecule has 0 heterocycles. The fourth-order valence-corrected chi connectivity index (χ4v) is 3.40. The Kier molecular flexibility index (Phi) is 4.55. The maximum atomic E-state index is 11.3. The van der Waals surface area contributed by atoms with Gasteiger partial charge in [0.15, 0.2) is 0 Å². The second-order valence-electron chi connectivity index (χ2n) is 4.63. The lowest BCUT2D eigenvalue weighted by atomic mass is 9.85. The summed E-state index contributed by atoms with van der Waals surface area (Å²) in [4.78, 5) is 0. The summed E-state index contributed by atoms with van der Waals surface area (Å²) in [6.07, 6.45) is 8.73. The van der Waals surface area contributed by atoms with Gasteiger partial charge in [0.2, 0.25) is 10.0 Å². The van der Waals surface area contributed by atoms with Gasteiger partial charge in [0.1, 0.15) is 0 Å². The van der Waals surface area contributed by atoms with Crippen LogP contribution >= 0.6 is 0 Å². The number of hydrogen-bond acceptors (Lipinski definition) is 3. The van der Waals surface area contributed by atoms with Crippen molar-refractivity contribution >= 4 is 10.0 Å². The molecule has 1 aliphatic carbocycles. The van der Waals surface area contributed by atoms with E-state index in [2.05, 4.69) is 4.72 Å². The van der Waals surface area contributed by atoms with E-state index in [9.17, 15) is 8.42 Å². The first-order valence-electron chi connectivity index (χ1n) is 5.66. The van der Waals surface area contributed by atoms with E-state index in [1.807, 2.05) is 0 Å². The number of rotatable bonds is 3. The Hall–Kier alpha value is -0.130. The van der Waals surface area contributed by atoms with Gasteiger partial charge in [-0.05, 0) is 12.8 Å². The molecule has 0 aromatic rings. The molecule has 0 aromatic heterocycles. The minimum absolute atomic E-state index is 0.381. The van der Waals surface area contributed by atoms with E-state index >= 15 is 0 Å². The zero-order chi connectivity index (χ0) is 11.4. The molecule has 0 radical (unpaired) electrons. The first-order valence-corrected chi connectivity index (χ1v) is 7.56. The standard InChI is InChI=1S/C10H22N2O2S/c1-15(13,14)12-10(9-11)7-5-3-2-4-6-8-10/h12H,2-9,11H2,1H3. The fraction of sp³-hybridized carbons (Fsp3) is 1.00. The lowest BCUT2D eigenvalue weighted by molar-refractivity contribution is 0.296. The molecule has 4 nitrogen and oxygen atoms in total. The predicted octanol–water partition coefficient (Wildman–Crippen LogP) is 0.977. The van der Waals surface area contributed by atoms with Gasteiger partial charge in [0.05, 0.1) is 6.26 Å². The van der Waals surface area contributed by atoms with Crippen LogP contribution in [0.25, 0.3) is 0 Å². The number of sulfonamides is 1. The third kappa shape index (κ3) is 4.49. The largest absolute Gasteiger partial charge is 0.329 e. The Morgan fingerprint density at radius 1 is 1.13 bits per heavy atom. The lowest BCUT2D eigenvalue weighted by Gasteiger charge is -2.34.